The number of aryl methyl sites for hydroxylation is 1. The first-order valence-electron chi connectivity index (χ1n) is 14.8. The van der Waals surface area contributed by atoms with Crippen LogP contribution in [0.5, 0.6) is 11.6 Å². The number of carboxylic acids is 1. The number of carboxylic acid groups (broad SMARTS) is 1. The van der Waals surface area contributed by atoms with Crippen molar-refractivity contribution in [3.63, 3.8) is 0 Å². The van der Waals surface area contributed by atoms with Gasteiger partial charge < -0.3 is 14.6 Å². The molecule has 1 aliphatic carbocycles. The highest BCUT2D eigenvalue weighted by molar-refractivity contribution is 5.71. The molecular formula is C34H40N2O4. The maximum absolute atomic E-state index is 11.9. The average Bonchev–Trinajstić information content (AvgIpc) is 3.66. The second-order valence-corrected chi connectivity index (χ2v) is 11.9. The maximum atomic E-state index is 11.9. The van der Waals surface area contributed by atoms with Gasteiger partial charge in [0.2, 0.25) is 5.88 Å². The highest BCUT2D eigenvalue weighted by atomic mass is 16.5. The van der Waals surface area contributed by atoms with Crippen LogP contribution in [0.4, 0.5) is 0 Å². The van der Waals surface area contributed by atoms with Gasteiger partial charge in [-0.15, -0.1) is 0 Å². The van der Waals surface area contributed by atoms with Gasteiger partial charge in [0.1, 0.15) is 11.9 Å². The van der Waals surface area contributed by atoms with Crippen LogP contribution in [0.3, 0.4) is 0 Å². The highest BCUT2D eigenvalue weighted by Crippen LogP contribution is 2.48. The van der Waals surface area contributed by atoms with Crippen LogP contribution in [-0.4, -0.2) is 41.2 Å². The average molecular weight is 541 g/mol. The molecule has 210 valence electrons. The number of rotatable bonds is 9. The summed E-state index contributed by atoms with van der Waals surface area (Å²) in [6, 6.07) is 17.6. The Bertz CT molecular complexity index is 1380. The number of pyridine rings is 1. The molecule has 6 nitrogen and oxygen atoms in total. The summed E-state index contributed by atoms with van der Waals surface area (Å²) >= 11 is 0. The minimum absolute atomic E-state index is 0.0374. The number of methoxy groups -OCH3 is 1. The third-order valence-corrected chi connectivity index (χ3v) is 9.32. The molecule has 1 unspecified atom stereocenters. The fourth-order valence-corrected chi connectivity index (χ4v) is 6.81. The summed E-state index contributed by atoms with van der Waals surface area (Å²) in [4.78, 5) is 18.8. The Hall–Kier alpha value is -3.38. The minimum atomic E-state index is -0.722. The monoisotopic (exact) mass is 540 g/mol. The van der Waals surface area contributed by atoms with Crippen molar-refractivity contribution in [1.82, 2.24) is 9.88 Å². The molecule has 0 radical (unpaired) electrons. The summed E-state index contributed by atoms with van der Waals surface area (Å²) in [6.45, 7) is 6.41. The van der Waals surface area contributed by atoms with E-state index in [9.17, 15) is 9.90 Å². The molecule has 6 rings (SSSR count). The van der Waals surface area contributed by atoms with Gasteiger partial charge in [-0.05, 0) is 122 Å². The van der Waals surface area contributed by atoms with Crippen LogP contribution >= 0.6 is 0 Å². The molecule has 2 aromatic carbocycles. The van der Waals surface area contributed by atoms with Gasteiger partial charge >= 0.3 is 5.97 Å². The second-order valence-electron chi connectivity index (χ2n) is 11.9. The van der Waals surface area contributed by atoms with Gasteiger partial charge in [0.05, 0.1) is 13.0 Å². The molecule has 0 spiro atoms. The first-order valence-corrected chi connectivity index (χ1v) is 14.8. The van der Waals surface area contributed by atoms with E-state index >= 15 is 0 Å². The van der Waals surface area contributed by atoms with Crippen molar-refractivity contribution in [2.45, 2.75) is 70.4 Å². The van der Waals surface area contributed by atoms with Crippen molar-refractivity contribution in [3.05, 3.63) is 77.0 Å². The molecule has 3 aromatic rings. The lowest BCUT2D eigenvalue weighted by Gasteiger charge is -2.31. The second kappa shape index (κ2) is 11.2. The molecule has 2 aliphatic heterocycles. The Kier molecular flexibility index (Phi) is 7.54. The molecule has 3 heterocycles. The molecule has 4 atom stereocenters. The van der Waals surface area contributed by atoms with Crippen molar-refractivity contribution in [3.8, 4) is 22.8 Å². The number of aliphatic carboxylic acids is 1. The van der Waals surface area contributed by atoms with Gasteiger partial charge in [0.25, 0.3) is 0 Å². The molecule has 40 heavy (non-hydrogen) atoms. The zero-order valence-corrected chi connectivity index (χ0v) is 23.8. The van der Waals surface area contributed by atoms with Crippen molar-refractivity contribution in [1.29, 1.82) is 0 Å². The molecule has 6 heteroatoms. The summed E-state index contributed by atoms with van der Waals surface area (Å²) in [5.74, 6) is 0.896. The lowest BCUT2D eigenvalue weighted by Crippen LogP contribution is -2.24. The van der Waals surface area contributed by atoms with E-state index in [1.807, 2.05) is 19.2 Å². The summed E-state index contributed by atoms with van der Waals surface area (Å²) < 4.78 is 12.1. The van der Waals surface area contributed by atoms with E-state index in [-0.39, 0.29) is 18.1 Å². The molecule has 3 aliphatic rings. The van der Waals surface area contributed by atoms with Crippen LogP contribution in [-0.2, 0) is 11.2 Å². The number of nitrogens with zero attached hydrogens (tertiary/aromatic N) is 2. The number of aromatic nitrogens is 1. The third-order valence-electron chi connectivity index (χ3n) is 9.32. The van der Waals surface area contributed by atoms with Crippen LogP contribution in [0.25, 0.3) is 11.1 Å². The van der Waals surface area contributed by atoms with Gasteiger partial charge in [0, 0.05) is 18.3 Å². The van der Waals surface area contributed by atoms with Gasteiger partial charge in [-0.1, -0.05) is 31.2 Å². The van der Waals surface area contributed by atoms with E-state index in [4.69, 9.17) is 9.47 Å². The third kappa shape index (κ3) is 5.34. The minimum Gasteiger partial charge on any atom is -0.485 e. The molecule has 0 bridgehead atoms. The predicted molar refractivity (Wildman–Crippen MR) is 156 cm³/mol. The Balaban J connectivity index is 1.32. The standard InChI is InChI=1S/C34H40N2O4/c1-21(34(37)38)33(24-7-8-24)27-9-6-23-11-13-30(40-31(23)19-27)26-10-12-28(25-14-15-35-32(20-25)39-3)29(18-26)22(2)36-16-4-5-17-36/h6,9-10,12,14-15,18-22,24,30,33H,4-5,7-8,11,13,16-17H2,1-3H3,(H,37,38)/t21-,22?,30-,33-/m0/s1. The SMILES string of the molecule is COc1cc(-c2ccc([C@@H]3CCc4ccc([C@H](C5CC5)[C@H](C)C(=O)O)cc4O3)cc2C(C)N2CCCC2)ccn1. The van der Waals surface area contributed by atoms with E-state index in [2.05, 4.69) is 59.3 Å². The smallest absolute Gasteiger partial charge is 0.306 e. The van der Waals surface area contributed by atoms with Crippen LogP contribution in [0.1, 0.15) is 86.3 Å². The Labute approximate surface area is 237 Å². The first-order chi connectivity index (χ1) is 19.4. The van der Waals surface area contributed by atoms with E-state index < -0.39 is 11.9 Å². The molecular weight excluding hydrogens is 500 g/mol. The van der Waals surface area contributed by atoms with E-state index in [1.54, 1.807) is 7.11 Å². The van der Waals surface area contributed by atoms with Crippen LogP contribution < -0.4 is 9.47 Å². The van der Waals surface area contributed by atoms with Crippen molar-refractivity contribution in [2.75, 3.05) is 20.2 Å². The lowest BCUT2D eigenvalue weighted by molar-refractivity contribution is -0.142. The zero-order chi connectivity index (χ0) is 27.8. The highest BCUT2D eigenvalue weighted by Gasteiger charge is 2.39. The fourth-order valence-electron chi connectivity index (χ4n) is 6.81. The summed E-state index contributed by atoms with van der Waals surface area (Å²) in [5.41, 5.74) is 7.13. The van der Waals surface area contributed by atoms with Crippen LogP contribution in [0.2, 0.25) is 0 Å². The van der Waals surface area contributed by atoms with E-state index in [0.29, 0.717) is 11.8 Å². The normalized spacial score (nSPS) is 21.2. The van der Waals surface area contributed by atoms with E-state index in [1.165, 1.54) is 35.1 Å². The zero-order valence-electron chi connectivity index (χ0n) is 23.8. The van der Waals surface area contributed by atoms with Crippen molar-refractivity contribution in [2.24, 2.45) is 11.8 Å². The van der Waals surface area contributed by atoms with Crippen LogP contribution in [0, 0.1) is 11.8 Å². The van der Waals surface area contributed by atoms with Gasteiger partial charge in [-0.2, -0.15) is 0 Å². The van der Waals surface area contributed by atoms with Crippen LogP contribution in [0.15, 0.2) is 54.7 Å². The summed E-state index contributed by atoms with van der Waals surface area (Å²) in [6.07, 6.45) is 8.35. The number of benzene rings is 2. The molecule has 1 saturated heterocycles. The number of hydrogen-bond acceptors (Lipinski definition) is 5. The maximum Gasteiger partial charge on any atom is 0.306 e. The van der Waals surface area contributed by atoms with Gasteiger partial charge in [0.15, 0.2) is 0 Å². The number of likely N-dealkylation sites (tertiary alicyclic amines) is 1. The quantitative estimate of drug-likeness (QED) is 0.310. The number of ether oxygens (including phenoxy) is 2. The van der Waals surface area contributed by atoms with Gasteiger partial charge in [-0.25, -0.2) is 4.98 Å². The van der Waals surface area contributed by atoms with Gasteiger partial charge in [-0.3, -0.25) is 9.69 Å². The predicted octanol–water partition coefficient (Wildman–Crippen LogP) is 7.19. The van der Waals surface area contributed by atoms with Crippen molar-refractivity contribution < 1.29 is 19.4 Å². The topological polar surface area (TPSA) is 71.9 Å². The molecule has 2 fully saturated rings. The Morgan fingerprint density at radius 3 is 2.58 bits per heavy atom. The molecule has 1 saturated carbocycles. The lowest BCUT2D eigenvalue weighted by atomic mass is 9.82. The first kappa shape index (κ1) is 26.8. The number of fused-ring (bicyclic) bond motifs is 1. The van der Waals surface area contributed by atoms with E-state index in [0.717, 1.165) is 55.6 Å². The molecule has 1 aromatic heterocycles. The largest absolute Gasteiger partial charge is 0.485 e. The van der Waals surface area contributed by atoms with Crippen molar-refractivity contribution >= 4 is 5.97 Å². The number of carbonyl (C=O) groups is 1. The summed E-state index contributed by atoms with van der Waals surface area (Å²) in [7, 11) is 1.65. The molecule has 1 N–H and O–H groups in total. The Morgan fingerprint density at radius 1 is 1.05 bits per heavy atom. The summed E-state index contributed by atoms with van der Waals surface area (Å²) in [5, 5.41) is 9.76. The Morgan fingerprint density at radius 2 is 1.85 bits per heavy atom. The number of hydrogen-bond donors (Lipinski definition) is 1. The fraction of sp³-hybridized carbons (Fsp3) is 0.471. The molecule has 0 amide bonds.